The van der Waals surface area contributed by atoms with Crippen LogP contribution in [0, 0.1) is 16.7 Å². The lowest BCUT2D eigenvalue weighted by molar-refractivity contribution is -0.141. The molecular weight excluding hydrogens is 244 g/mol. The highest BCUT2D eigenvalue weighted by molar-refractivity contribution is 5.85. The van der Waals surface area contributed by atoms with Gasteiger partial charge in [0.1, 0.15) is 13.2 Å². The van der Waals surface area contributed by atoms with Crippen LogP contribution in [-0.2, 0) is 19.1 Å². The first kappa shape index (κ1) is 16.3. The van der Waals surface area contributed by atoms with E-state index in [4.69, 9.17) is 9.47 Å². The van der Waals surface area contributed by atoms with Gasteiger partial charge in [0.05, 0.1) is 6.61 Å². The molecule has 0 aliphatic carbocycles. The topological polar surface area (TPSA) is 52.6 Å². The maximum absolute atomic E-state index is 11.1. The Morgan fingerprint density at radius 3 is 2.05 bits per heavy atom. The van der Waals surface area contributed by atoms with Crippen LogP contribution in [0.5, 0.6) is 0 Å². The molecule has 19 heavy (non-hydrogen) atoms. The highest BCUT2D eigenvalue weighted by Crippen LogP contribution is 2.30. The zero-order valence-electron chi connectivity index (χ0n) is 12.7. The van der Waals surface area contributed by atoms with E-state index in [1.54, 1.807) is 0 Å². The van der Waals surface area contributed by atoms with Crippen molar-refractivity contribution in [3.8, 4) is 0 Å². The molecule has 4 nitrogen and oxygen atoms in total. The number of carbonyl (C=O) groups excluding carboxylic acids is 2. The molecule has 0 radical (unpaired) electrons. The van der Waals surface area contributed by atoms with E-state index in [2.05, 4.69) is 13.8 Å². The third kappa shape index (κ3) is 4.39. The van der Waals surface area contributed by atoms with Crippen LogP contribution < -0.4 is 0 Å². The van der Waals surface area contributed by atoms with Crippen LogP contribution >= 0.6 is 0 Å². The Labute approximate surface area is 115 Å². The van der Waals surface area contributed by atoms with Crippen LogP contribution in [0.2, 0.25) is 0 Å². The van der Waals surface area contributed by atoms with Crippen LogP contribution in [0.25, 0.3) is 0 Å². The Balaban J connectivity index is 0.000000191. The third-order valence-corrected chi connectivity index (χ3v) is 4.23. The van der Waals surface area contributed by atoms with E-state index in [-0.39, 0.29) is 28.3 Å². The number of ether oxygens (including phenoxy) is 2. The summed E-state index contributed by atoms with van der Waals surface area (Å²) in [6.07, 6.45) is 0.867. The lowest BCUT2D eigenvalue weighted by Gasteiger charge is -2.34. The summed E-state index contributed by atoms with van der Waals surface area (Å²) in [5, 5.41) is 0. The minimum absolute atomic E-state index is 0.0370. The Morgan fingerprint density at radius 2 is 1.68 bits per heavy atom. The average Bonchev–Trinajstić information content (AvgIpc) is 2.31. The highest BCUT2D eigenvalue weighted by atomic mass is 16.5. The smallest absolute Gasteiger partial charge is 0.164 e. The Bertz CT molecular complexity index is 344. The molecule has 0 spiro atoms. The third-order valence-electron chi connectivity index (χ3n) is 4.23. The van der Waals surface area contributed by atoms with Gasteiger partial charge >= 0.3 is 0 Å². The maximum Gasteiger partial charge on any atom is 0.164 e. The van der Waals surface area contributed by atoms with E-state index in [1.807, 2.05) is 20.8 Å². The van der Waals surface area contributed by atoms with Gasteiger partial charge in [0.2, 0.25) is 0 Å². The van der Waals surface area contributed by atoms with Crippen LogP contribution in [-0.4, -0.2) is 38.0 Å². The second-order valence-corrected chi connectivity index (χ2v) is 6.78. The summed E-state index contributed by atoms with van der Waals surface area (Å²) in [4.78, 5) is 22.1. The maximum atomic E-state index is 11.1. The molecule has 110 valence electrons. The predicted molar refractivity (Wildman–Crippen MR) is 73.0 cm³/mol. The van der Waals surface area contributed by atoms with Crippen LogP contribution in [0.1, 0.15) is 41.0 Å². The number of ketones is 2. The van der Waals surface area contributed by atoms with Gasteiger partial charge in [-0.1, -0.05) is 34.6 Å². The van der Waals surface area contributed by atoms with E-state index >= 15 is 0 Å². The van der Waals surface area contributed by atoms with Gasteiger partial charge in [0.25, 0.3) is 0 Å². The van der Waals surface area contributed by atoms with Crippen molar-refractivity contribution in [2.45, 2.75) is 41.0 Å². The number of hydrogen-bond donors (Lipinski definition) is 0. The molecule has 0 aromatic heterocycles. The van der Waals surface area contributed by atoms with E-state index in [9.17, 15) is 9.59 Å². The second kappa shape index (κ2) is 6.14. The number of Topliss-reactive ketones (excluding diaryl/α,β-unsaturated/α-hetero) is 2. The fraction of sp³-hybridized carbons (Fsp3) is 0.867. The van der Waals surface area contributed by atoms with Crippen molar-refractivity contribution >= 4 is 11.6 Å². The first-order chi connectivity index (χ1) is 8.67. The molecule has 0 bridgehead atoms. The SMILES string of the molecule is CC1(C)CCOCC1=O.CC1C(=O)COCC1(C)C. The largest absolute Gasteiger partial charge is 0.374 e. The van der Waals surface area contributed by atoms with Crippen molar-refractivity contribution in [3.05, 3.63) is 0 Å². The molecule has 0 amide bonds. The van der Waals surface area contributed by atoms with Gasteiger partial charge in [-0.05, 0) is 11.8 Å². The lowest BCUT2D eigenvalue weighted by atomic mass is 9.77. The van der Waals surface area contributed by atoms with Gasteiger partial charge in [0.15, 0.2) is 11.6 Å². The average molecular weight is 270 g/mol. The zero-order chi connectivity index (χ0) is 14.7. The zero-order valence-corrected chi connectivity index (χ0v) is 12.7. The van der Waals surface area contributed by atoms with Gasteiger partial charge in [0, 0.05) is 17.9 Å². The monoisotopic (exact) mass is 270 g/mol. The number of rotatable bonds is 0. The van der Waals surface area contributed by atoms with Crippen molar-refractivity contribution in [1.82, 2.24) is 0 Å². The van der Waals surface area contributed by atoms with Crippen molar-refractivity contribution in [2.24, 2.45) is 16.7 Å². The van der Waals surface area contributed by atoms with Crippen LogP contribution in [0.15, 0.2) is 0 Å². The highest BCUT2D eigenvalue weighted by Gasteiger charge is 2.35. The van der Waals surface area contributed by atoms with Gasteiger partial charge in [-0.3, -0.25) is 9.59 Å². The molecule has 2 saturated heterocycles. The Morgan fingerprint density at radius 1 is 1.05 bits per heavy atom. The fourth-order valence-corrected chi connectivity index (χ4v) is 1.93. The van der Waals surface area contributed by atoms with Gasteiger partial charge in [-0.2, -0.15) is 0 Å². The van der Waals surface area contributed by atoms with Gasteiger partial charge in [-0.25, -0.2) is 0 Å². The minimum Gasteiger partial charge on any atom is -0.374 e. The summed E-state index contributed by atoms with van der Waals surface area (Å²) < 4.78 is 10.1. The first-order valence-electron chi connectivity index (χ1n) is 6.88. The Kier molecular flexibility index (Phi) is 5.27. The predicted octanol–water partition coefficient (Wildman–Crippen LogP) is 2.25. The molecule has 0 N–H and O–H groups in total. The van der Waals surface area contributed by atoms with Crippen LogP contribution in [0.3, 0.4) is 0 Å². The summed E-state index contributed by atoms with van der Waals surface area (Å²) in [5.74, 6) is 0.617. The summed E-state index contributed by atoms with van der Waals surface area (Å²) in [5.41, 5.74) is -0.0897. The first-order valence-corrected chi connectivity index (χ1v) is 6.88. The van der Waals surface area contributed by atoms with E-state index in [0.717, 1.165) is 13.0 Å². The van der Waals surface area contributed by atoms with Crippen molar-refractivity contribution < 1.29 is 19.1 Å². The molecule has 2 aliphatic heterocycles. The normalized spacial score (nSPS) is 29.4. The fourth-order valence-electron chi connectivity index (χ4n) is 1.93. The molecule has 0 aromatic rings. The van der Waals surface area contributed by atoms with E-state index < -0.39 is 0 Å². The summed E-state index contributed by atoms with van der Waals surface area (Å²) in [6.45, 7) is 12.1. The van der Waals surface area contributed by atoms with Crippen LogP contribution in [0.4, 0.5) is 0 Å². The molecule has 2 rings (SSSR count). The van der Waals surface area contributed by atoms with Crippen molar-refractivity contribution in [1.29, 1.82) is 0 Å². The lowest BCUT2D eigenvalue weighted by Crippen LogP contribution is -2.40. The molecule has 2 heterocycles. The van der Waals surface area contributed by atoms with E-state index in [0.29, 0.717) is 19.8 Å². The summed E-state index contributed by atoms with van der Waals surface area (Å²) in [7, 11) is 0. The molecule has 2 aliphatic rings. The molecule has 1 atom stereocenters. The number of hydrogen-bond acceptors (Lipinski definition) is 4. The number of carbonyl (C=O) groups is 2. The van der Waals surface area contributed by atoms with Crippen molar-refractivity contribution in [2.75, 3.05) is 26.4 Å². The standard InChI is InChI=1S/C8H14O2.C7H12O2/c1-6-7(9)4-10-5-8(6,2)3;1-7(2)3-4-9-5-6(7)8/h6H,4-5H2,1-3H3;3-5H2,1-2H3. The molecular formula is C15H26O4. The quantitative estimate of drug-likeness (QED) is 0.677. The summed E-state index contributed by atoms with van der Waals surface area (Å²) in [6, 6.07) is 0. The van der Waals surface area contributed by atoms with Gasteiger partial charge < -0.3 is 9.47 Å². The minimum atomic E-state index is -0.127. The molecule has 4 heteroatoms. The molecule has 0 aromatic carbocycles. The Hall–Kier alpha value is -0.740. The van der Waals surface area contributed by atoms with Gasteiger partial charge in [-0.15, -0.1) is 0 Å². The molecule has 0 saturated carbocycles. The molecule has 2 fully saturated rings. The summed E-state index contributed by atoms with van der Waals surface area (Å²) >= 11 is 0. The molecule has 1 unspecified atom stereocenters. The van der Waals surface area contributed by atoms with E-state index in [1.165, 1.54) is 0 Å². The van der Waals surface area contributed by atoms with Crippen molar-refractivity contribution in [3.63, 3.8) is 0 Å². The second-order valence-electron chi connectivity index (χ2n) is 6.78.